The SMILES string of the molecule is CC(F)=CN1CCN(c2nc(OCC3CC(F)(F)CN3C)nc3c2CCN(c2cccc4cccc(C)c24)C3)CC1CC#N. The Kier molecular flexibility index (Phi) is 8.29. The second-order valence-corrected chi connectivity index (χ2v) is 12.2. The highest BCUT2D eigenvalue weighted by Gasteiger charge is 2.43. The third kappa shape index (κ3) is 6.13. The number of halogens is 3. The zero-order valence-corrected chi connectivity index (χ0v) is 25.4. The number of rotatable bonds is 7. The van der Waals surface area contributed by atoms with E-state index in [1.165, 1.54) is 29.5 Å². The van der Waals surface area contributed by atoms with Crippen LogP contribution in [-0.4, -0.2) is 84.2 Å². The number of allylic oxidation sites excluding steroid dienone is 1. The summed E-state index contributed by atoms with van der Waals surface area (Å²) >= 11 is 0. The van der Waals surface area contributed by atoms with Crippen molar-refractivity contribution in [3.8, 4) is 12.1 Å². The summed E-state index contributed by atoms with van der Waals surface area (Å²) in [5.74, 6) is -2.31. The smallest absolute Gasteiger partial charge is 0.318 e. The molecule has 0 radical (unpaired) electrons. The van der Waals surface area contributed by atoms with Crippen LogP contribution in [0.3, 0.4) is 0 Å². The molecule has 232 valence electrons. The van der Waals surface area contributed by atoms with E-state index in [4.69, 9.17) is 14.7 Å². The maximum atomic E-state index is 14.1. The summed E-state index contributed by atoms with van der Waals surface area (Å²) in [6, 6.07) is 14.4. The van der Waals surface area contributed by atoms with Crippen molar-refractivity contribution in [2.45, 2.75) is 57.7 Å². The number of hydrogen-bond acceptors (Lipinski definition) is 8. The van der Waals surface area contributed by atoms with Crippen LogP contribution >= 0.6 is 0 Å². The largest absolute Gasteiger partial charge is 0.462 e. The number of likely N-dealkylation sites (N-methyl/N-ethyl adjacent to an activating group) is 1. The van der Waals surface area contributed by atoms with Crippen LogP contribution in [0.25, 0.3) is 10.8 Å². The van der Waals surface area contributed by atoms with Crippen molar-refractivity contribution < 1.29 is 17.9 Å². The molecule has 1 aromatic heterocycles. The van der Waals surface area contributed by atoms with Crippen LogP contribution in [0.15, 0.2) is 48.4 Å². The zero-order chi connectivity index (χ0) is 31.0. The maximum Gasteiger partial charge on any atom is 0.318 e. The normalized spacial score (nSPS) is 22.3. The number of benzene rings is 2. The molecule has 3 aliphatic heterocycles. The standard InChI is InChI=1S/C33H38F3N7O/c1-22-6-4-7-24-8-5-9-29(30(22)24)42-13-11-27-28(19-42)38-32(44-20-26-16-33(35,36)21-40(26)3)39-31(27)43-15-14-41(17-23(2)34)25(18-43)10-12-37/h4-9,17,25-26H,10-11,13-16,18-21H2,1-3H3. The summed E-state index contributed by atoms with van der Waals surface area (Å²) < 4.78 is 48.0. The van der Waals surface area contributed by atoms with Gasteiger partial charge in [0.05, 0.1) is 37.3 Å². The predicted octanol–water partition coefficient (Wildman–Crippen LogP) is 5.45. The van der Waals surface area contributed by atoms with Crippen LogP contribution in [0.1, 0.15) is 36.6 Å². The quantitative estimate of drug-likeness (QED) is 0.352. The summed E-state index contributed by atoms with van der Waals surface area (Å²) in [6.45, 7) is 6.20. The fourth-order valence-electron chi connectivity index (χ4n) is 6.85. The Morgan fingerprint density at radius 3 is 2.64 bits per heavy atom. The molecule has 4 heterocycles. The molecule has 2 aromatic carbocycles. The van der Waals surface area contributed by atoms with Gasteiger partial charge in [0.25, 0.3) is 5.92 Å². The number of aryl methyl sites for hydroxylation is 1. The molecular weight excluding hydrogens is 567 g/mol. The van der Waals surface area contributed by atoms with Gasteiger partial charge in [-0.1, -0.05) is 30.3 Å². The molecule has 44 heavy (non-hydrogen) atoms. The average Bonchev–Trinajstić information content (AvgIpc) is 3.26. The lowest BCUT2D eigenvalue weighted by Gasteiger charge is -2.42. The van der Waals surface area contributed by atoms with E-state index in [1.54, 1.807) is 11.9 Å². The Morgan fingerprint density at radius 2 is 1.91 bits per heavy atom. The first-order valence-electron chi connectivity index (χ1n) is 15.2. The van der Waals surface area contributed by atoms with Crippen LogP contribution in [0, 0.1) is 18.3 Å². The monoisotopic (exact) mass is 605 g/mol. The number of aromatic nitrogens is 2. The number of anilines is 2. The van der Waals surface area contributed by atoms with Crippen LogP contribution in [0.2, 0.25) is 0 Å². The van der Waals surface area contributed by atoms with Crippen molar-refractivity contribution in [1.29, 1.82) is 5.26 Å². The summed E-state index contributed by atoms with van der Waals surface area (Å²) in [6.07, 6.45) is 2.15. The van der Waals surface area contributed by atoms with Crippen molar-refractivity contribution in [2.24, 2.45) is 0 Å². The van der Waals surface area contributed by atoms with Gasteiger partial charge in [-0.3, -0.25) is 4.90 Å². The Bertz CT molecular complexity index is 1600. The number of nitriles is 1. The first kappa shape index (κ1) is 30.0. The van der Waals surface area contributed by atoms with Crippen LogP contribution in [0.4, 0.5) is 24.7 Å². The molecular formula is C33H38F3N7O. The molecule has 2 saturated heterocycles. The van der Waals surface area contributed by atoms with Gasteiger partial charge in [0.15, 0.2) is 0 Å². The van der Waals surface area contributed by atoms with Crippen LogP contribution < -0.4 is 14.5 Å². The number of alkyl halides is 2. The molecule has 0 amide bonds. The molecule has 2 fully saturated rings. The Labute approximate surface area is 256 Å². The Morgan fingerprint density at radius 1 is 1.11 bits per heavy atom. The molecule has 0 aliphatic carbocycles. The fraction of sp³-hybridized carbons (Fsp3) is 0.485. The average molecular weight is 606 g/mol. The fourth-order valence-corrected chi connectivity index (χ4v) is 6.85. The van der Waals surface area contributed by atoms with Crippen molar-refractivity contribution in [2.75, 3.05) is 56.2 Å². The molecule has 3 aliphatic rings. The summed E-state index contributed by atoms with van der Waals surface area (Å²) in [4.78, 5) is 17.7. The highest BCUT2D eigenvalue weighted by Crippen LogP contribution is 2.36. The van der Waals surface area contributed by atoms with E-state index < -0.39 is 12.0 Å². The third-order valence-corrected chi connectivity index (χ3v) is 9.00. The van der Waals surface area contributed by atoms with Gasteiger partial charge >= 0.3 is 6.01 Å². The summed E-state index contributed by atoms with van der Waals surface area (Å²) in [7, 11) is 1.68. The van der Waals surface area contributed by atoms with Crippen molar-refractivity contribution in [3.63, 3.8) is 0 Å². The Hall–Kier alpha value is -4.04. The van der Waals surface area contributed by atoms with E-state index in [-0.39, 0.29) is 43.9 Å². The molecule has 0 bridgehead atoms. The molecule has 2 unspecified atom stereocenters. The third-order valence-electron chi connectivity index (χ3n) is 9.00. The molecule has 2 atom stereocenters. The first-order chi connectivity index (χ1) is 21.1. The van der Waals surface area contributed by atoms with Crippen LogP contribution in [-0.2, 0) is 13.0 Å². The molecule has 11 heteroatoms. The van der Waals surface area contributed by atoms with Gasteiger partial charge < -0.3 is 19.4 Å². The minimum atomic E-state index is -2.75. The molecule has 3 aromatic rings. The van der Waals surface area contributed by atoms with Gasteiger partial charge in [-0.2, -0.15) is 15.2 Å². The van der Waals surface area contributed by atoms with E-state index in [0.717, 1.165) is 29.3 Å². The Balaban J connectivity index is 1.33. The van der Waals surface area contributed by atoms with Gasteiger partial charge in [-0.05, 0) is 44.3 Å². The van der Waals surface area contributed by atoms with E-state index in [0.29, 0.717) is 32.6 Å². The van der Waals surface area contributed by atoms with E-state index in [1.807, 2.05) is 4.90 Å². The molecule has 6 rings (SSSR count). The minimum absolute atomic E-state index is 0.0575. The van der Waals surface area contributed by atoms with Crippen molar-refractivity contribution >= 4 is 22.3 Å². The van der Waals surface area contributed by atoms with Gasteiger partial charge in [-0.15, -0.1) is 0 Å². The summed E-state index contributed by atoms with van der Waals surface area (Å²) in [5.41, 5.74) is 4.20. The van der Waals surface area contributed by atoms with E-state index in [2.05, 4.69) is 59.2 Å². The summed E-state index contributed by atoms with van der Waals surface area (Å²) in [5, 5.41) is 11.9. The highest BCUT2D eigenvalue weighted by molar-refractivity contribution is 5.97. The zero-order valence-electron chi connectivity index (χ0n) is 25.4. The number of hydrogen-bond donors (Lipinski definition) is 0. The van der Waals surface area contributed by atoms with Gasteiger partial charge in [0.2, 0.25) is 0 Å². The second-order valence-electron chi connectivity index (χ2n) is 12.2. The van der Waals surface area contributed by atoms with Gasteiger partial charge in [-0.25, -0.2) is 13.2 Å². The number of piperazine rings is 1. The first-order valence-corrected chi connectivity index (χ1v) is 15.2. The molecule has 0 saturated carbocycles. The lowest BCUT2D eigenvalue weighted by molar-refractivity contribution is 0.0136. The lowest BCUT2D eigenvalue weighted by Crippen LogP contribution is -2.51. The van der Waals surface area contributed by atoms with Crippen molar-refractivity contribution in [1.82, 2.24) is 19.8 Å². The molecule has 8 nitrogen and oxygen atoms in total. The lowest BCUT2D eigenvalue weighted by atomic mass is 9.99. The topological polar surface area (TPSA) is 71.8 Å². The van der Waals surface area contributed by atoms with Crippen LogP contribution in [0.5, 0.6) is 6.01 Å². The van der Waals surface area contributed by atoms with Gasteiger partial charge in [0, 0.05) is 61.5 Å². The van der Waals surface area contributed by atoms with E-state index in [9.17, 15) is 18.4 Å². The molecule has 0 spiro atoms. The van der Waals surface area contributed by atoms with Gasteiger partial charge in [0.1, 0.15) is 18.3 Å². The number of ether oxygens (including phenoxy) is 1. The second kappa shape index (κ2) is 12.2. The van der Waals surface area contributed by atoms with Crippen molar-refractivity contribution in [3.05, 3.63) is 65.2 Å². The highest BCUT2D eigenvalue weighted by atomic mass is 19.3. The predicted molar refractivity (Wildman–Crippen MR) is 165 cm³/mol. The number of fused-ring (bicyclic) bond motifs is 2. The maximum absolute atomic E-state index is 14.1. The molecule has 0 N–H and O–H groups in total. The minimum Gasteiger partial charge on any atom is -0.462 e. The van der Waals surface area contributed by atoms with E-state index >= 15 is 0 Å². The number of likely N-dealkylation sites (tertiary alicyclic amines) is 1. The number of nitrogens with zero attached hydrogens (tertiary/aromatic N) is 7.